The van der Waals surface area contributed by atoms with Gasteiger partial charge in [-0.05, 0) is 20.8 Å². The Morgan fingerprint density at radius 3 is 1.56 bits per heavy atom. The summed E-state index contributed by atoms with van der Waals surface area (Å²) in [5, 5.41) is 0. The van der Waals surface area contributed by atoms with Crippen LogP contribution in [0, 0.1) is 17.3 Å². The summed E-state index contributed by atoms with van der Waals surface area (Å²) in [5.74, 6) is -31.5. The van der Waals surface area contributed by atoms with Crippen LogP contribution in [-0.2, 0) is 19.1 Å². The van der Waals surface area contributed by atoms with Crippen molar-refractivity contribution in [3.63, 3.8) is 0 Å². The maximum atomic E-state index is 14.2. The van der Waals surface area contributed by atoms with Crippen molar-refractivity contribution in [1.82, 2.24) is 0 Å². The van der Waals surface area contributed by atoms with Gasteiger partial charge in [0.25, 0.3) is 0 Å². The van der Waals surface area contributed by atoms with Gasteiger partial charge in [-0.2, -0.15) is 39.5 Å². The largest absolute Gasteiger partial charge is 0.466 e. The van der Waals surface area contributed by atoms with Crippen molar-refractivity contribution < 1.29 is 58.6 Å². The molecule has 1 rings (SSSR count). The number of alkyl halides is 9. The Bertz CT molecular complexity index is 639. The molecule has 0 heterocycles. The van der Waals surface area contributed by atoms with Gasteiger partial charge in [0.15, 0.2) is 0 Å². The van der Waals surface area contributed by atoms with Crippen LogP contribution in [0.2, 0.25) is 0 Å². The Labute approximate surface area is 146 Å². The fourth-order valence-corrected chi connectivity index (χ4v) is 3.14. The lowest BCUT2D eigenvalue weighted by Crippen LogP contribution is -2.62. The number of carbonyl (C=O) groups excluding carboxylic acids is 3. The van der Waals surface area contributed by atoms with E-state index in [9.17, 15) is 53.9 Å². The van der Waals surface area contributed by atoms with Gasteiger partial charge in [-0.25, -0.2) is 0 Å². The zero-order valence-corrected chi connectivity index (χ0v) is 13.9. The van der Waals surface area contributed by atoms with Crippen LogP contribution in [0.25, 0.3) is 0 Å². The Morgan fingerprint density at radius 1 is 0.852 bits per heavy atom. The molecular formula is C14H13F9O4. The molecular weight excluding hydrogens is 403 g/mol. The average Bonchev–Trinajstić information content (AvgIpc) is 3.18. The molecule has 0 bridgehead atoms. The van der Waals surface area contributed by atoms with Crippen molar-refractivity contribution in [3.05, 3.63) is 0 Å². The highest BCUT2D eigenvalue weighted by molar-refractivity contribution is 6.13. The zero-order valence-electron chi connectivity index (χ0n) is 13.9. The summed E-state index contributed by atoms with van der Waals surface area (Å²) in [5.41, 5.74) is -3.19. The van der Waals surface area contributed by atoms with Gasteiger partial charge < -0.3 is 4.74 Å². The van der Waals surface area contributed by atoms with Crippen LogP contribution in [0.15, 0.2) is 0 Å². The van der Waals surface area contributed by atoms with E-state index in [1.54, 1.807) is 0 Å². The molecule has 0 aromatic rings. The normalized spacial score (nSPS) is 23.0. The second-order valence-corrected chi connectivity index (χ2v) is 5.96. The Morgan fingerprint density at radius 2 is 1.26 bits per heavy atom. The van der Waals surface area contributed by atoms with Crippen molar-refractivity contribution in [1.29, 1.82) is 0 Å². The minimum Gasteiger partial charge on any atom is -0.466 e. The molecule has 0 spiro atoms. The molecule has 156 valence electrons. The van der Waals surface area contributed by atoms with E-state index >= 15 is 0 Å². The van der Waals surface area contributed by atoms with E-state index in [4.69, 9.17) is 0 Å². The molecule has 0 aliphatic heterocycles. The lowest BCUT2D eigenvalue weighted by molar-refractivity contribution is -0.400. The summed E-state index contributed by atoms with van der Waals surface area (Å²) < 4.78 is 123. The predicted molar refractivity (Wildman–Crippen MR) is 68.3 cm³/mol. The Balaban J connectivity index is 3.61. The van der Waals surface area contributed by atoms with Crippen molar-refractivity contribution in [3.8, 4) is 0 Å². The van der Waals surface area contributed by atoms with Crippen LogP contribution < -0.4 is 0 Å². The molecule has 0 radical (unpaired) electrons. The van der Waals surface area contributed by atoms with E-state index in [0.717, 1.165) is 6.92 Å². The molecule has 0 saturated heterocycles. The molecule has 0 unspecified atom stereocenters. The maximum absolute atomic E-state index is 14.2. The maximum Gasteiger partial charge on any atom is 0.460 e. The molecule has 1 saturated carbocycles. The quantitative estimate of drug-likeness (QED) is 0.363. The van der Waals surface area contributed by atoms with Crippen molar-refractivity contribution in [2.75, 3.05) is 6.61 Å². The third-order valence-corrected chi connectivity index (χ3v) is 4.47. The van der Waals surface area contributed by atoms with E-state index < -0.39 is 65.3 Å². The second-order valence-electron chi connectivity index (χ2n) is 5.96. The van der Waals surface area contributed by atoms with Crippen LogP contribution in [0.4, 0.5) is 39.5 Å². The first-order chi connectivity index (χ1) is 11.9. The molecule has 1 aliphatic carbocycles. The SMILES string of the molecule is CCOC(=O)[C@H]1[C@@H](C(F)(F)C(F)(F)C(F)(F)C(F)(F)F)C1(C(C)=O)C(C)=O. The summed E-state index contributed by atoms with van der Waals surface area (Å²) in [6, 6.07) is 0. The molecule has 13 heteroatoms. The molecule has 0 aromatic heterocycles. The summed E-state index contributed by atoms with van der Waals surface area (Å²) in [6.07, 6.45) is -7.07. The third kappa shape index (κ3) is 2.89. The number of halogens is 9. The van der Waals surface area contributed by atoms with Crippen molar-refractivity contribution in [2.24, 2.45) is 17.3 Å². The molecule has 1 aliphatic rings. The van der Waals surface area contributed by atoms with E-state index in [1.807, 2.05) is 0 Å². The van der Waals surface area contributed by atoms with Gasteiger partial charge in [-0.1, -0.05) is 0 Å². The first kappa shape index (κ1) is 23.2. The standard InChI is InChI=1S/C14H13F9O4/c1-4-27-9(26)7-8(10(7,5(2)24)6(3)25)11(15,16)12(17,18)13(19,20)14(21,22)23/h7-8H,4H2,1-3H3/t7-,8-/m1/s1. The number of ether oxygens (including phenoxy) is 1. The summed E-state index contributed by atoms with van der Waals surface area (Å²) in [6.45, 7) is 1.52. The number of esters is 1. The van der Waals surface area contributed by atoms with Gasteiger partial charge in [-0.3, -0.25) is 14.4 Å². The highest BCUT2D eigenvalue weighted by Crippen LogP contribution is 2.71. The molecule has 2 atom stereocenters. The number of ketones is 2. The van der Waals surface area contributed by atoms with Gasteiger partial charge in [0.1, 0.15) is 17.0 Å². The summed E-state index contributed by atoms with van der Waals surface area (Å²) in [7, 11) is 0. The number of Topliss-reactive ketones (excluding diaryl/α,β-unsaturated/α-hetero) is 2. The number of rotatable bonds is 7. The van der Waals surface area contributed by atoms with Crippen molar-refractivity contribution in [2.45, 2.75) is 44.7 Å². The topological polar surface area (TPSA) is 60.4 Å². The van der Waals surface area contributed by atoms with Crippen LogP contribution in [0.5, 0.6) is 0 Å². The molecule has 0 amide bonds. The van der Waals surface area contributed by atoms with Gasteiger partial charge >= 0.3 is 29.9 Å². The van der Waals surface area contributed by atoms with Gasteiger partial charge in [0, 0.05) is 0 Å². The van der Waals surface area contributed by atoms with Gasteiger partial charge in [-0.15, -0.1) is 0 Å². The lowest BCUT2D eigenvalue weighted by atomic mass is 9.88. The van der Waals surface area contributed by atoms with Crippen molar-refractivity contribution >= 4 is 17.5 Å². The minimum atomic E-state index is -7.20. The van der Waals surface area contributed by atoms with Gasteiger partial charge in [0.05, 0.1) is 18.4 Å². The second kappa shape index (κ2) is 6.36. The van der Waals surface area contributed by atoms with Crippen LogP contribution in [0.1, 0.15) is 20.8 Å². The Kier molecular flexibility index (Phi) is 5.47. The predicted octanol–water partition coefficient (Wildman–Crippen LogP) is 3.43. The third-order valence-electron chi connectivity index (χ3n) is 4.47. The number of hydrogen-bond donors (Lipinski definition) is 0. The monoisotopic (exact) mass is 416 g/mol. The minimum absolute atomic E-state index is 0.448. The first-order valence-corrected chi connectivity index (χ1v) is 7.25. The molecule has 27 heavy (non-hydrogen) atoms. The fourth-order valence-electron chi connectivity index (χ4n) is 3.14. The number of carbonyl (C=O) groups is 3. The van der Waals surface area contributed by atoms with Crippen LogP contribution in [0.3, 0.4) is 0 Å². The summed E-state index contributed by atoms with van der Waals surface area (Å²) >= 11 is 0. The van der Waals surface area contributed by atoms with Crippen LogP contribution in [-0.4, -0.2) is 48.1 Å². The molecule has 0 N–H and O–H groups in total. The first-order valence-electron chi connectivity index (χ1n) is 7.25. The molecule has 0 aromatic carbocycles. The van der Waals surface area contributed by atoms with E-state index in [2.05, 4.69) is 4.74 Å². The fraction of sp³-hybridized carbons (Fsp3) is 0.786. The Hall–Kier alpha value is -1.82. The zero-order chi connectivity index (χ0) is 21.8. The molecule has 1 fully saturated rings. The smallest absolute Gasteiger partial charge is 0.460 e. The average molecular weight is 416 g/mol. The van der Waals surface area contributed by atoms with E-state index in [1.165, 1.54) is 0 Å². The summed E-state index contributed by atoms with van der Waals surface area (Å²) in [4.78, 5) is 35.2. The number of hydrogen-bond acceptors (Lipinski definition) is 4. The van der Waals surface area contributed by atoms with E-state index in [-0.39, 0.29) is 0 Å². The highest BCUT2D eigenvalue weighted by atomic mass is 19.4. The van der Waals surface area contributed by atoms with E-state index in [0.29, 0.717) is 13.8 Å². The molecule has 4 nitrogen and oxygen atoms in total. The highest BCUT2D eigenvalue weighted by Gasteiger charge is 2.92. The van der Waals surface area contributed by atoms with Crippen LogP contribution >= 0.6 is 0 Å². The van der Waals surface area contributed by atoms with Gasteiger partial charge in [0.2, 0.25) is 0 Å². The lowest BCUT2D eigenvalue weighted by Gasteiger charge is -2.34.